The molecule has 0 bridgehead atoms. The Morgan fingerprint density at radius 2 is 1.89 bits per heavy atom. The summed E-state index contributed by atoms with van der Waals surface area (Å²) in [5, 5.41) is 10.6. The predicted molar refractivity (Wildman–Crippen MR) is 147 cm³/mol. The number of benzene rings is 2. The summed E-state index contributed by atoms with van der Waals surface area (Å²) in [6.45, 7) is 5.33. The van der Waals surface area contributed by atoms with Crippen LogP contribution in [-0.4, -0.2) is 57.0 Å². The van der Waals surface area contributed by atoms with Crippen LogP contribution in [0.5, 0.6) is 0 Å². The van der Waals surface area contributed by atoms with Gasteiger partial charge in [0, 0.05) is 30.8 Å². The first kappa shape index (κ1) is 27.5. The number of piperidine rings is 1. The largest absolute Gasteiger partial charge is 0.466 e. The molecule has 0 spiro atoms. The van der Waals surface area contributed by atoms with Gasteiger partial charge in [-0.2, -0.15) is 0 Å². The number of aromatic nitrogens is 3. The van der Waals surface area contributed by atoms with Crippen LogP contribution in [0.2, 0.25) is 10.0 Å². The molecule has 2 aromatic carbocycles. The van der Waals surface area contributed by atoms with E-state index in [9.17, 15) is 9.59 Å². The van der Waals surface area contributed by atoms with Gasteiger partial charge in [0.05, 0.1) is 28.3 Å². The molecule has 0 radical (unpaired) electrons. The summed E-state index contributed by atoms with van der Waals surface area (Å²) >= 11 is 14.0. The van der Waals surface area contributed by atoms with Gasteiger partial charge in [0.25, 0.3) is 0 Å². The Balaban J connectivity index is 1.43. The van der Waals surface area contributed by atoms with Crippen molar-refractivity contribution < 1.29 is 14.3 Å². The quantitative estimate of drug-likeness (QED) is 0.175. The minimum atomic E-state index is -0.225. The van der Waals surface area contributed by atoms with Gasteiger partial charge in [-0.1, -0.05) is 64.8 Å². The number of ether oxygens (including phenoxy) is 1. The van der Waals surface area contributed by atoms with Crippen LogP contribution in [0.4, 0.5) is 0 Å². The lowest BCUT2D eigenvalue weighted by Crippen LogP contribution is -2.42. The minimum Gasteiger partial charge on any atom is -0.466 e. The lowest BCUT2D eigenvalue weighted by molar-refractivity contribution is -0.151. The lowest BCUT2D eigenvalue weighted by atomic mass is 9.98. The van der Waals surface area contributed by atoms with Crippen molar-refractivity contribution >= 4 is 46.8 Å². The van der Waals surface area contributed by atoms with Gasteiger partial charge in [-0.3, -0.25) is 14.2 Å². The number of halogens is 2. The van der Waals surface area contributed by atoms with Crippen molar-refractivity contribution in [2.24, 2.45) is 5.92 Å². The number of rotatable bonds is 9. The molecule has 1 unspecified atom stereocenters. The van der Waals surface area contributed by atoms with Crippen LogP contribution in [0.15, 0.2) is 47.6 Å². The highest BCUT2D eigenvalue weighted by Crippen LogP contribution is 2.32. The minimum absolute atomic E-state index is 0.0703. The highest BCUT2D eigenvalue weighted by molar-refractivity contribution is 7.99. The highest BCUT2D eigenvalue weighted by atomic mass is 35.5. The second-order valence-corrected chi connectivity index (χ2v) is 10.9. The SMILES string of the molecule is CCOC(=O)C1CCCN(C(=O)CCCSc2nnc(-c3ccc(C)cc3)n2-c2ccc(Cl)c(Cl)c2)C1. The molecule has 1 atom stereocenters. The number of carbonyl (C=O) groups excluding carboxylic acids is 2. The molecule has 1 fully saturated rings. The Labute approximate surface area is 231 Å². The first-order chi connectivity index (χ1) is 17.9. The Morgan fingerprint density at radius 3 is 2.62 bits per heavy atom. The molecule has 0 saturated carbocycles. The summed E-state index contributed by atoms with van der Waals surface area (Å²) in [4.78, 5) is 26.7. The molecule has 1 aliphatic heterocycles. The molecule has 0 N–H and O–H groups in total. The predicted octanol–water partition coefficient (Wildman–Crippen LogP) is 6.22. The number of nitrogens with zero attached hydrogens (tertiary/aromatic N) is 4. The van der Waals surface area contributed by atoms with Crippen molar-refractivity contribution in [1.82, 2.24) is 19.7 Å². The van der Waals surface area contributed by atoms with E-state index in [-0.39, 0.29) is 17.8 Å². The molecular weight excluding hydrogens is 531 g/mol. The average Bonchev–Trinajstić information content (AvgIpc) is 3.32. The fourth-order valence-corrected chi connectivity index (χ4v) is 5.49. The van der Waals surface area contributed by atoms with E-state index < -0.39 is 0 Å². The van der Waals surface area contributed by atoms with Gasteiger partial charge in [0.2, 0.25) is 5.91 Å². The number of thioether (sulfide) groups is 1. The van der Waals surface area contributed by atoms with Crippen LogP contribution < -0.4 is 0 Å². The molecule has 1 amide bonds. The van der Waals surface area contributed by atoms with Crippen LogP contribution in [-0.2, 0) is 14.3 Å². The van der Waals surface area contributed by atoms with Crippen LogP contribution in [0.25, 0.3) is 17.1 Å². The van der Waals surface area contributed by atoms with E-state index in [1.165, 1.54) is 11.8 Å². The molecule has 7 nitrogen and oxygen atoms in total. The van der Waals surface area contributed by atoms with E-state index in [4.69, 9.17) is 27.9 Å². The molecule has 1 aliphatic rings. The van der Waals surface area contributed by atoms with Crippen LogP contribution in [0, 0.1) is 12.8 Å². The maximum atomic E-state index is 12.8. The van der Waals surface area contributed by atoms with Gasteiger partial charge >= 0.3 is 5.97 Å². The van der Waals surface area contributed by atoms with E-state index in [0.717, 1.165) is 29.7 Å². The summed E-state index contributed by atoms with van der Waals surface area (Å²) in [5.74, 6) is 1.03. The van der Waals surface area contributed by atoms with E-state index in [0.29, 0.717) is 59.3 Å². The Bertz CT molecular complexity index is 1250. The number of esters is 1. The first-order valence-corrected chi connectivity index (χ1v) is 14.2. The molecule has 1 saturated heterocycles. The van der Waals surface area contributed by atoms with Crippen LogP contribution >= 0.6 is 35.0 Å². The van der Waals surface area contributed by atoms with Crippen molar-refractivity contribution in [3.05, 3.63) is 58.1 Å². The summed E-state index contributed by atoms with van der Waals surface area (Å²) in [6, 6.07) is 13.6. The van der Waals surface area contributed by atoms with Crippen LogP contribution in [0.1, 0.15) is 38.2 Å². The number of aryl methyl sites for hydroxylation is 1. The summed E-state index contributed by atoms with van der Waals surface area (Å²) in [5.41, 5.74) is 2.91. The smallest absolute Gasteiger partial charge is 0.310 e. The van der Waals surface area contributed by atoms with Gasteiger partial charge in [-0.25, -0.2) is 0 Å². The number of hydrogen-bond acceptors (Lipinski definition) is 6. The Kier molecular flexibility index (Phi) is 9.51. The molecular formula is C27H30Cl2N4O3S. The lowest BCUT2D eigenvalue weighted by Gasteiger charge is -2.31. The van der Waals surface area contributed by atoms with Crippen molar-refractivity contribution in [3.63, 3.8) is 0 Å². The summed E-state index contributed by atoms with van der Waals surface area (Å²) in [7, 11) is 0. The zero-order valence-electron chi connectivity index (χ0n) is 21.0. The number of carbonyl (C=O) groups is 2. The van der Waals surface area contributed by atoms with Gasteiger partial charge < -0.3 is 9.64 Å². The Hall–Kier alpha value is -2.55. The number of amides is 1. The topological polar surface area (TPSA) is 77.3 Å². The van der Waals surface area contributed by atoms with E-state index in [1.54, 1.807) is 24.0 Å². The van der Waals surface area contributed by atoms with Crippen molar-refractivity contribution in [1.29, 1.82) is 0 Å². The zero-order valence-corrected chi connectivity index (χ0v) is 23.3. The molecule has 0 aliphatic carbocycles. The van der Waals surface area contributed by atoms with E-state index >= 15 is 0 Å². The molecule has 37 heavy (non-hydrogen) atoms. The van der Waals surface area contributed by atoms with E-state index in [1.807, 2.05) is 41.8 Å². The zero-order chi connectivity index (χ0) is 26.4. The van der Waals surface area contributed by atoms with Crippen molar-refractivity contribution in [3.8, 4) is 17.1 Å². The molecule has 1 aromatic heterocycles. The van der Waals surface area contributed by atoms with Crippen molar-refractivity contribution in [2.75, 3.05) is 25.4 Å². The highest BCUT2D eigenvalue weighted by Gasteiger charge is 2.29. The number of hydrogen-bond donors (Lipinski definition) is 0. The second-order valence-electron chi connectivity index (χ2n) is 8.99. The Morgan fingerprint density at radius 1 is 1.11 bits per heavy atom. The maximum Gasteiger partial charge on any atom is 0.310 e. The average molecular weight is 562 g/mol. The van der Waals surface area contributed by atoms with Gasteiger partial charge in [-0.15, -0.1) is 10.2 Å². The molecule has 10 heteroatoms. The first-order valence-electron chi connectivity index (χ1n) is 12.4. The molecule has 2 heterocycles. The third-order valence-electron chi connectivity index (χ3n) is 6.26. The van der Waals surface area contributed by atoms with Crippen LogP contribution in [0.3, 0.4) is 0 Å². The van der Waals surface area contributed by atoms with Crippen molar-refractivity contribution in [2.45, 2.75) is 44.7 Å². The second kappa shape index (κ2) is 12.8. The maximum absolute atomic E-state index is 12.8. The fraction of sp³-hybridized carbons (Fsp3) is 0.407. The molecule has 3 aromatic rings. The van der Waals surface area contributed by atoms with Gasteiger partial charge in [0.15, 0.2) is 11.0 Å². The third-order valence-corrected chi connectivity index (χ3v) is 8.02. The van der Waals surface area contributed by atoms with E-state index in [2.05, 4.69) is 10.2 Å². The summed E-state index contributed by atoms with van der Waals surface area (Å²) < 4.78 is 7.11. The molecule has 196 valence electrons. The number of likely N-dealkylation sites (tertiary alicyclic amines) is 1. The summed E-state index contributed by atoms with van der Waals surface area (Å²) in [6.07, 6.45) is 2.68. The fourth-order valence-electron chi connectivity index (χ4n) is 4.31. The van der Waals surface area contributed by atoms with Gasteiger partial charge in [-0.05, 0) is 51.3 Å². The normalized spacial score (nSPS) is 15.6. The van der Waals surface area contributed by atoms with Gasteiger partial charge in [0.1, 0.15) is 0 Å². The monoisotopic (exact) mass is 560 g/mol. The standard InChI is InChI=1S/C27H30Cl2N4O3S/c1-3-36-26(35)20-6-4-14-32(17-20)24(34)7-5-15-37-27-31-30-25(19-10-8-18(2)9-11-19)33(27)21-12-13-22(28)23(29)16-21/h8-13,16,20H,3-7,14-15,17H2,1-2H3. The third kappa shape index (κ3) is 6.86. The molecule has 4 rings (SSSR count).